The smallest absolute Gasteiger partial charge is 0.225 e. The van der Waals surface area contributed by atoms with Gasteiger partial charge >= 0.3 is 0 Å². The summed E-state index contributed by atoms with van der Waals surface area (Å²) in [5, 5.41) is 4.01. The first kappa shape index (κ1) is 21.9. The molecule has 3 aromatic heterocycles. The summed E-state index contributed by atoms with van der Waals surface area (Å²) in [5.41, 5.74) is 5.86. The topological polar surface area (TPSA) is 88.3 Å². The predicted octanol–water partition coefficient (Wildman–Crippen LogP) is 3.81. The van der Waals surface area contributed by atoms with Gasteiger partial charge in [-0.3, -0.25) is 9.78 Å². The third-order valence-corrected chi connectivity index (χ3v) is 6.17. The van der Waals surface area contributed by atoms with Crippen LogP contribution in [0.5, 0.6) is 0 Å². The molecule has 168 valence electrons. The molecule has 4 rings (SSSR count). The van der Waals surface area contributed by atoms with E-state index in [-0.39, 0.29) is 11.9 Å². The van der Waals surface area contributed by atoms with Crippen LogP contribution >= 0.6 is 0 Å². The fourth-order valence-electron chi connectivity index (χ4n) is 4.42. The Morgan fingerprint density at radius 1 is 1.22 bits per heavy atom. The number of aryl methyl sites for hydroxylation is 3. The molecule has 0 unspecified atom stereocenters. The van der Waals surface area contributed by atoms with E-state index in [0.717, 1.165) is 58.8 Å². The molecule has 4 heterocycles. The van der Waals surface area contributed by atoms with Crippen LogP contribution in [0.25, 0.3) is 11.1 Å². The zero-order chi connectivity index (χ0) is 22.8. The summed E-state index contributed by atoms with van der Waals surface area (Å²) in [7, 11) is 3.86. The number of carbonyl (C=O) groups excluding carboxylic acids is 1. The fraction of sp³-hybridized carbons (Fsp3) is 0.458. The quantitative estimate of drug-likeness (QED) is 0.583. The molecule has 8 nitrogen and oxygen atoms in total. The van der Waals surface area contributed by atoms with Gasteiger partial charge in [0.15, 0.2) is 0 Å². The summed E-state index contributed by atoms with van der Waals surface area (Å²) in [6.45, 7) is 6.59. The Morgan fingerprint density at radius 3 is 2.72 bits per heavy atom. The molecule has 1 aliphatic rings. The van der Waals surface area contributed by atoms with E-state index in [1.54, 1.807) is 6.20 Å². The number of carbonyl (C=O) groups is 1. The molecule has 1 saturated heterocycles. The Morgan fingerprint density at radius 2 is 2.03 bits per heavy atom. The maximum Gasteiger partial charge on any atom is 0.225 e. The molecule has 0 aliphatic carbocycles. The number of pyridine rings is 1. The third-order valence-electron chi connectivity index (χ3n) is 6.17. The SMILES string of the molecule is Cc1cnccc1-c1cnc(N(C)C)nc1[C@H]1CCCN1C(=O)CCc1c(C)noc1C. The Hall–Kier alpha value is -3.29. The van der Waals surface area contributed by atoms with Gasteiger partial charge in [0.25, 0.3) is 0 Å². The molecule has 0 spiro atoms. The summed E-state index contributed by atoms with van der Waals surface area (Å²) >= 11 is 0. The lowest BCUT2D eigenvalue weighted by Gasteiger charge is -2.27. The molecule has 0 bridgehead atoms. The molecule has 3 aromatic rings. The van der Waals surface area contributed by atoms with Gasteiger partial charge in [0.1, 0.15) is 5.76 Å². The standard InChI is InChI=1S/C24H30N6O2/c1-15-13-25-11-10-18(15)20-14-26-24(29(4)5)27-23(20)21-7-6-12-30(21)22(31)9-8-19-16(2)28-32-17(19)3/h10-11,13-14,21H,6-9,12H2,1-5H3/t21-/m1/s1. The van der Waals surface area contributed by atoms with Crippen LogP contribution in [0.4, 0.5) is 5.95 Å². The minimum Gasteiger partial charge on any atom is -0.361 e. The van der Waals surface area contributed by atoms with Crippen molar-refractivity contribution in [2.75, 3.05) is 25.5 Å². The monoisotopic (exact) mass is 434 g/mol. The zero-order valence-corrected chi connectivity index (χ0v) is 19.4. The average molecular weight is 435 g/mol. The van der Waals surface area contributed by atoms with Crippen LogP contribution in [0.2, 0.25) is 0 Å². The van der Waals surface area contributed by atoms with Crippen molar-refractivity contribution in [1.29, 1.82) is 0 Å². The lowest BCUT2D eigenvalue weighted by atomic mass is 9.97. The van der Waals surface area contributed by atoms with E-state index in [2.05, 4.69) is 15.1 Å². The van der Waals surface area contributed by atoms with Crippen LogP contribution in [0.15, 0.2) is 29.2 Å². The Labute approximate surface area is 188 Å². The van der Waals surface area contributed by atoms with Crippen molar-refractivity contribution in [3.63, 3.8) is 0 Å². The molecule has 0 radical (unpaired) electrons. The number of anilines is 1. The summed E-state index contributed by atoms with van der Waals surface area (Å²) in [6.07, 6.45) is 8.41. The van der Waals surface area contributed by atoms with E-state index in [9.17, 15) is 4.79 Å². The highest BCUT2D eigenvalue weighted by molar-refractivity contribution is 5.78. The molecular formula is C24H30N6O2. The van der Waals surface area contributed by atoms with E-state index >= 15 is 0 Å². The normalized spacial score (nSPS) is 15.9. The highest BCUT2D eigenvalue weighted by atomic mass is 16.5. The molecule has 0 saturated carbocycles. The third kappa shape index (κ3) is 4.22. The van der Waals surface area contributed by atoms with Gasteiger partial charge in [-0.2, -0.15) is 0 Å². The largest absolute Gasteiger partial charge is 0.361 e. The number of likely N-dealkylation sites (tertiary alicyclic amines) is 1. The molecule has 1 aliphatic heterocycles. The average Bonchev–Trinajstić information content (AvgIpc) is 3.39. The van der Waals surface area contributed by atoms with Crippen molar-refractivity contribution >= 4 is 11.9 Å². The number of rotatable bonds is 6. The number of amides is 1. The van der Waals surface area contributed by atoms with Crippen molar-refractivity contribution in [2.24, 2.45) is 0 Å². The van der Waals surface area contributed by atoms with Gasteiger partial charge in [-0.05, 0) is 57.2 Å². The second-order valence-corrected chi connectivity index (χ2v) is 8.60. The van der Waals surface area contributed by atoms with Crippen LogP contribution in [0.3, 0.4) is 0 Å². The lowest BCUT2D eigenvalue weighted by Crippen LogP contribution is -2.32. The van der Waals surface area contributed by atoms with E-state index in [1.165, 1.54) is 0 Å². The van der Waals surface area contributed by atoms with Crippen LogP contribution in [-0.4, -0.2) is 51.6 Å². The lowest BCUT2D eigenvalue weighted by molar-refractivity contribution is -0.132. The molecular weight excluding hydrogens is 404 g/mol. The Kier molecular flexibility index (Phi) is 6.21. The zero-order valence-electron chi connectivity index (χ0n) is 19.4. The van der Waals surface area contributed by atoms with Crippen molar-refractivity contribution in [3.8, 4) is 11.1 Å². The first-order valence-corrected chi connectivity index (χ1v) is 11.0. The van der Waals surface area contributed by atoms with Crippen molar-refractivity contribution in [1.82, 2.24) is 25.0 Å². The summed E-state index contributed by atoms with van der Waals surface area (Å²) in [5.74, 6) is 1.57. The van der Waals surface area contributed by atoms with Gasteiger partial charge in [-0.25, -0.2) is 9.97 Å². The molecule has 0 N–H and O–H groups in total. The van der Waals surface area contributed by atoms with Gasteiger partial charge in [0, 0.05) is 56.8 Å². The summed E-state index contributed by atoms with van der Waals surface area (Å²) in [6, 6.07) is 1.92. The highest BCUT2D eigenvalue weighted by Gasteiger charge is 2.33. The summed E-state index contributed by atoms with van der Waals surface area (Å²) in [4.78, 5) is 30.9. The van der Waals surface area contributed by atoms with E-state index < -0.39 is 0 Å². The van der Waals surface area contributed by atoms with E-state index in [1.807, 2.05) is 63.1 Å². The highest BCUT2D eigenvalue weighted by Crippen LogP contribution is 2.38. The van der Waals surface area contributed by atoms with Crippen LogP contribution in [0, 0.1) is 20.8 Å². The predicted molar refractivity (Wildman–Crippen MR) is 122 cm³/mol. The van der Waals surface area contributed by atoms with Gasteiger partial charge < -0.3 is 14.3 Å². The van der Waals surface area contributed by atoms with Crippen LogP contribution < -0.4 is 4.90 Å². The molecule has 8 heteroatoms. The van der Waals surface area contributed by atoms with Gasteiger partial charge in [-0.1, -0.05) is 5.16 Å². The van der Waals surface area contributed by atoms with Crippen molar-refractivity contribution in [2.45, 2.75) is 52.5 Å². The second-order valence-electron chi connectivity index (χ2n) is 8.60. The fourth-order valence-corrected chi connectivity index (χ4v) is 4.42. The summed E-state index contributed by atoms with van der Waals surface area (Å²) < 4.78 is 5.25. The first-order chi connectivity index (χ1) is 15.4. The Balaban J connectivity index is 1.66. The Bertz CT molecular complexity index is 1100. The first-order valence-electron chi connectivity index (χ1n) is 11.0. The molecule has 1 fully saturated rings. The minimum atomic E-state index is -0.0727. The van der Waals surface area contributed by atoms with Crippen molar-refractivity contribution in [3.05, 3.63) is 52.9 Å². The maximum absolute atomic E-state index is 13.3. The molecule has 0 aromatic carbocycles. The number of hydrogen-bond acceptors (Lipinski definition) is 7. The van der Waals surface area contributed by atoms with Gasteiger partial charge in [-0.15, -0.1) is 0 Å². The van der Waals surface area contributed by atoms with Gasteiger partial charge in [0.2, 0.25) is 11.9 Å². The minimum absolute atomic E-state index is 0.0727. The second kappa shape index (κ2) is 9.06. The van der Waals surface area contributed by atoms with Crippen molar-refractivity contribution < 1.29 is 9.32 Å². The number of hydrogen-bond donors (Lipinski definition) is 0. The van der Waals surface area contributed by atoms with E-state index in [0.29, 0.717) is 18.8 Å². The molecule has 32 heavy (non-hydrogen) atoms. The van der Waals surface area contributed by atoms with E-state index in [4.69, 9.17) is 9.51 Å². The van der Waals surface area contributed by atoms with Gasteiger partial charge in [0.05, 0.1) is 17.4 Å². The van der Waals surface area contributed by atoms with Crippen LogP contribution in [0.1, 0.15) is 53.6 Å². The van der Waals surface area contributed by atoms with Crippen LogP contribution in [-0.2, 0) is 11.2 Å². The maximum atomic E-state index is 13.3. The number of aromatic nitrogens is 4. The molecule has 1 atom stereocenters. The molecule has 1 amide bonds. The number of nitrogens with zero attached hydrogens (tertiary/aromatic N) is 6.